The van der Waals surface area contributed by atoms with Crippen LogP contribution in [0.1, 0.15) is 43.7 Å². The van der Waals surface area contributed by atoms with Crippen LogP contribution in [0.3, 0.4) is 0 Å². The SMILES string of the molecule is Cc1ccc(B2OC(C)(C)C(C)(C)O2)c(NC(=O)c2ccccn2)c1. The number of amides is 1. The molecule has 3 rings (SSSR count). The van der Waals surface area contributed by atoms with Crippen molar-refractivity contribution in [2.45, 2.75) is 45.8 Å². The number of benzene rings is 1. The zero-order valence-corrected chi connectivity index (χ0v) is 15.3. The largest absolute Gasteiger partial charge is 0.496 e. The molecule has 130 valence electrons. The summed E-state index contributed by atoms with van der Waals surface area (Å²) >= 11 is 0. The van der Waals surface area contributed by atoms with Gasteiger partial charge in [-0.05, 0) is 58.4 Å². The Morgan fingerprint density at radius 3 is 2.36 bits per heavy atom. The van der Waals surface area contributed by atoms with Crippen LogP contribution in [-0.4, -0.2) is 29.2 Å². The molecule has 0 spiro atoms. The predicted octanol–water partition coefficient (Wildman–Crippen LogP) is 2.94. The van der Waals surface area contributed by atoms with E-state index in [2.05, 4.69) is 10.3 Å². The highest BCUT2D eigenvalue weighted by atomic mass is 16.7. The van der Waals surface area contributed by atoms with Crippen LogP contribution >= 0.6 is 0 Å². The quantitative estimate of drug-likeness (QED) is 0.874. The fourth-order valence-corrected chi connectivity index (χ4v) is 2.64. The summed E-state index contributed by atoms with van der Waals surface area (Å²) < 4.78 is 12.3. The molecule has 0 atom stereocenters. The Kier molecular flexibility index (Phi) is 4.43. The summed E-state index contributed by atoms with van der Waals surface area (Å²) in [6.07, 6.45) is 1.60. The maximum Gasteiger partial charge on any atom is 0.496 e. The van der Waals surface area contributed by atoms with Gasteiger partial charge in [-0.25, -0.2) is 0 Å². The second-order valence-electron chi connectivity index (χ2n) is 7.35. The molecule has 0 unspecified atom stereocenters. The highest BCUT2D eigenvalue weighted by molar-refractivity contribution is 6.64. The van der Waals surface area contributed by atoms with Gasteiger partial charge in [0.25, 0.3) is 5.91 Å². The molecule has 0 bridgehead atoms. The zero-order chi connectivity index (χ0) is 18.2. The molecule has 5 nitrogen and oxygen atoms in total. The van der Waals surface area contributed by atoms with E-state index in [0.29, 0.717) is 11.4 Å². The average molecular weight is 338 g/mol. The van der Waals surface area contributed by atoms with Gasteiger partial charge < -0.3 is 14.6 Å². The number of anilines is 1. The standard InChI is InChI=1S/C19H23BN2O3/c1-13-9-10-14(20-24-18(2,3)19(4,5)25-20)16(12-13)22-17(23)15-8-6-7-11-21-15/h6-12H,1-5H3,(H,22,23). The maximum absolute atomic E-state index is 12.5. The Balaban J connectivity index is 1.91. The predicted molar refractivity (Wildman–Crippen MR) is 99.1 cm³/mol. The Morgan fingerprint density at radius 1 is 1.08 bits per heavy atom. The molecule has 0 aliphatic carbocycles. The first-order valence-corrected chi connectivity index (χ1v) is 8.38. The van der Waals surface area contributed by atoms with Gasteiger partial charge in [-0.3, -0.25) is 9.78 Å². The molecule has 1 aromatic heterocycles. The normalized spacial score (nSPS) is 18.2. The lowest BCUT2D eigenvalue weighted by Gasteiger charge is -2.32. The van der Waals surface area contributed by atoms with Crippen LogP contribution in [0.5, 0.6) is 0 Å². The number of hydrogen-bond acceptors (Lipinski definition) is 4. The fraction of sp³-hybridized carbons (Fsp3) is 0.368. The molecule has 0 saturated carbocycles. The number of aromatic nitrogens is 1. The van der Waals surface area contributed by atoms with Crippen LogP contribution in [-0.2, 0) is 9.31 Å². The van der Waals surface area contributed by atoms with Crippen molar-refractivity contribution in [1.29, 1.82) is 0 Å². The van der Waals surface area contributed by atoms with Crippen LogP contribution in [0, 0.1) is 6.92 Å². The lowest BCUT2D eigenvalue weighted by Crippen LogP contribution is -2.41. The van der Waals surface area contributed by atoms with Crippen molar-refractivity contribution < 1.29 is 14.1 Å². The van der Waals surface area contributed by atoms with E-state index >= 15 is 0 Å². The van der Waals surface area contributed by atoms with Gasteiger partial charge in [0, 0.05) is 17.3 Å². The van der Waals surface area contributed by atoms with Crippen molar-refractivity contribution >= 4 is 24.2 Å². The third-order valence-electron chi connectivity index (χ3n) is 4.86. The lowest BCUT2D eigenvalue weighted by atomic mass is 9.77. The Bertz CT molecular complexity index is 775. The second kappa shape index (κ2) is 6.28. The second-order valence-corrected chi connectivity index (χ2v) is 7.35. The first-order valence-electron chi connectivity index (χ1n) is 8.38. The monoisotopic (exact) mass is 338 g/mol. The molecule has 2 aromatic rings. The first-order chi connectivity index (χ1) is 11.7. The van der Waals surface area contributed by atoms with Crippen molar-refractivity contribution in [1.82, 2.24) is 4.98 Å². The first kappa shape index (κ1) is 17.6. The molecule has 1 N–H and O–H groups in total. The van der Waals surface area contributed by atoms with Gasteiger partial charge in [0.15, 0.2) is 0 Å². The van der Waals surface area contributed by atoms with E-state index < -0.39 is 18.3 Å². The topological polar surface area (TPSA) is 60.5 Å². The third kappa shape index (κ3) is 3.46. The minimum Gasteiger partial charge on any atom is -0.399 e. The maximum atomic E-state index is 12.5. The van der Waals surface area contributed by atoms with E-state index in [1.54, 1.807) is 24.4 Å². The summed E-state index contributed by atoms with van der Waals surface area (Å²) in [6.45, 7) is 10.0. The minimum atomic E-state index is -0.537. The molecule has 1 fully saturated rings. The number of aryl methyl sites for hydroxylation is 1. The van der Waals surface area contributed by atoms with Gasteiger partial charge in [-0.2, -0.15) is 0 Å². The van der Waals surface area contributed by atoms with E-state index in [1.807, 2.05) is 52.8 Å². The van der Waals surface area contributed by atoms with E-state index in [9.17, 15) is 4.79 Å². The molecular weight excluding hydrogens is 315 g/mol. The number of nitrogens with one attached hydrogen (secondary N) is 1. The fourth-order valence-electron chi connectivity index (χ4n) is 2.64. The van der Waals surface area contributed by atoms with Crippen LogP contribution < -0.4 is 10.8 Å². The van der Waals surface area contributed by atoms with E-state index in [-0.39, 0.29) is 5.91 Å². The Labute approximate surface area is 148 Å². The number of rotatable bonds is 3. The third-order valence-corrected chi connectivity index (χ3v) is 4.86. The molecule has 1 aliphatic rings. The Morgan fingerprint density at radius 2 is 1.76 bits per heavy atom. The lowest BCUT2D eigenvalue weighted by molar-refractivity contribution is 0.00578. The highest BCUT2D eigenvalue weighted by Crippen LogP contribution is 2.37. The van der Waals surface area contributed by atoms with Gasteiger partial charge in [0.1, 0.15) is 5.69 Å². The van der Waals surface area contributed by atoms with Crippen molar-refractivity contribution in [3.63, 3.8) is 0 Å². The van der Waals surface area contributed by atoms with Crippen LogP contribution in [0.25, 0.3) is 0 Å². The number of carbonyl (C=O) groups excluding carboxylic acids is 1. The summed E-state index contributed by atoms with van der Waals surface area (Å²) in [5.41, 5.74) is 2.00. The molecule has 0 radical (unpaired) electrons. The number of hydrogen-bond donors (Lipinski definition) is 1. The average Bonchev–Trinajstić information content (AvgIpc) is 2.76. The van der Waals surface area contributed by atoms with Crippen molar-refractivity contribution in [2.24, 2.45) is 0 Å². The van der Waals surface area contributed by atoms with Gasteiger partial charge in [0.05, 0.1) is 11.2 Å². The van der Waals surface area contributed by atoms with Crippen molar-refractivity contribution in [3.05, 3.63) is 53.9 Å². The van der Waals surface area contributed by atoms with E-state index in [1.165, 1.54) is 0 Å². The van der Waals surface area contributed by atoms with Gasteiger partial charge in [-0.1, -0.05) is 18.2 Å². The van der Waals surface area contributed by atoms with Crippen molar-refractivity contribution in [3.8, 4) is 0 Å². The number of nitrogens with zero attached hydrogens (tertiary/aromatic N) is 1. The summed E-state index contributed by atoms with van der Waals surface area (Å²) in [5.74, 6) is -0.260. The number of carbonyl (C=O) groups is 1. The smallest absolute Gasteiger partial charge is 0.399 e. The van der Waals surface area contributed by atoms with E-state index in [4.69, 9.17) is 9.31 Å². The zero-order valence-electron chi connectivity index (χ0n) is 15.3. The molecule has 1 saturated heterocycles. The summed E-state index contributed by atoms with van der Waals surface area (Å²) in [6, 6.07) is 11.1. The van der Waals surface area contributed by atoms with Crippen molar-refractivity contribution in [2.75, 3.05) is 5.32 Å². The molecule has 6 heteroatoms. The molecule has 1 aromatic carbocycles. The molecule has 2 heterocycles. The number of pyridine rings is 1. The van der Waals surface area contributed by atoms with Crippen LogP contribution in [0.4, 0.5) is 5.69 Å². The summed E-state index contributed by atoms with van der Waals surface area (Å²) in [7, 11) is -0.537. The molecule has 1 amide bonds. The van der Waals surface area contributed by atoms with Gasteiger partial charge >= 0.3 is 7.12 Å². The minimum absolute atomic E-state index is 0.260. The molecule has 1 aliphatic heterocycles. The summed E-state index contributed by atoms with van der Waals surface area (Å²) in [4.78, 5) is 16.6. The van der Waals surface area contributed by atoms with Crippen LogP contribution in [0.15, 0.2) is 42.6 Å². The molecular formula is C19H23BN2O3. The Hall–Kier alpha value is -2.18. The van der Waals surface area contributed by atoms with E-state index in [0.717, 1.165) is 11.0 Å². The van der Waals surface area contributed by atoms with Crippen LogP contribution in [0.2, 0.25) is 0 Å². The molecule has 25 heavy (non-hydrogen) atoms. The van der Waals surface area contributed by atoms with Gasteiger partial charge in [0.2, 0.25) is 0 Å². The summed E-state index contributed by atoms with van der Waals surface area (Å²) in [5, 5.41) is 2.94. The highest BCUT2D eigenvalue weighted by Gasteiger charge is 2.52. The van der Waals surface area contributed by atoms with Gasteiger partial charge in [-0.15, -0.1) is 0 Å².